The number of hydrogen-bond donors (Lipinski definition) is 0. The molecule has 0 amide bonds. The third kappa shape index (κ3) is 2.68. The second kappa shape index (κ2) is 4.29. The van der Waals surface area contributed by atoms with Crippen LogP contribution in [0.25, 0.3) is 0 Å². The van der Waals surface area contributed by atoms with Crippen LogP contribution in [0.4, 0.5) is 0 Å². The summed E-state index contributed by atoms with van der Waals surface area (Å²) in [6, 6.07) is 0. The van der Waals surface area contributed by atoms with Crippen molar-refractivity contribution in [2.24, 2.45) is 5.92 Å². The Balaban J connectivity index is 2.38. The highest BCUT2D eigenvalue weighted by Crippen LogP contribution is 2.22. The molecule has 1 heterocycles. The smallest absolute Gasteiger partial charge is 0.306 e. The minimum absolute atomic E-state index is 0.0387. The van der Waals surface area contributed by atoms with Crippen LogP contribution in [-0.2, 0) is 9.53 Å². The zero-order valence-electron chi connectivity index (χ0n) is 7.75. The molecule has 2 nitrogen and oxygen atoms in total. The summed E-state index contributed by atoms with van der Waals surface area (Å²) in [7, 11) is 0. The first-order chi connectivity index (χ1) is 5.72. The largest absolute Gasteiger partial charge is 0.462 e. The second-order valence-corrected chi connectivity index (χ2v) is 3.46. The van der Waals surface area contributed by atoms with Crippen LogP contribution in [-0.4, -0.2) is 12.1 Å². The van der Waals surface area contributed by atoms with Crippen molar-refractivity contribution in [1.29, 1.82) is 0 Å². The van der Waals surface area contributed by atoms with Gasteiger partial charge in [-0.25, -0.2) is 0 Å². The van der Waals surface area contributed by atoms with Crippen LogP contribution in [0, 0.1) is 5.92 Å². The Bertz CT molecular complexity index is 184. The van der Waals surface area contributed by atoms with Crippen LogP contribution >= 0.6 is 0 Å². The lowest BCUT2D eigenvalue weighted by Crippen LogP contribution is -2.27. The highest BCUT2D eigenvalue weighted by Gasteiger charge is 2.24. The summed E-state index contributed by atoms with van der Waals surface area (Å²) in [6.07, 6.45) is 6.63. The van der Waals surface area contributed by atoms with Crippen LogP contribution in [0.3, 0.4) is 0 Å². The Morgan fingerprint density at radius 1 is 1.67 bits per heavy atom. The topological polar surface area (TPSA) is 26.3 Å². The zero-order valence-corrected chi connectivity index (χ0v) is 7.75. The minimum atomic E-state index is -0.0387. The molecule has 12 heavy (non-hydrogen) atoms. The highest BCUT2D eigenvalue weighted by atomic mass is 16.5. The van der Waals surface area contributed by atoms with Crippen molar-refractivity contribution in [2.75, 3.05) is 0 Å². The molecule has 1 rings (SSSR count). The Hall–Kier alpha value is -0.790. The van der Waals surface area contributed by atoms with Crippen LogP contribution in [0.5, 0.6) is 0 Å². The van der Waals surface area contributed by atoms with Gasteiger partial charge in [-0.15, -0.1) is 0 Å². The first-order valence-electron chi connectivity index (χ1n) is 4.53. The fourth-order valence-electron chi connectivity index (χ4n) is 1.53. The molecule has 0 radical (unpaired) electrons. The van der Waals surface area contributed by atoms with Crippen LogP contribution in [0.1, 0.15) is 33.1 Å². The van der Waals surface area contributed by atoms with Gasteiger partial charge in [0.05, 0.1) is 0 Å². The molecule has 0 unspecified atom stereocenters. The Labute approximate surface area is 73.6 Å². The highest BCUT2D eigenvalue weighted by molar-refractivity contribution is 5.70. The lowest BCUT2D eigenvalue weighted by Gasteiger charge is -2.25. The maximum absolute atomic E-state index is 11.0. The molecule has 1 aliphatic heterocycles. The number of esters is 1. The molecule has 2 heteroatoms. The summed E-state index contributed by atoms with van der Waals surface area (Å²) in [6.45, 7) is 4.08. The van der Waals surface area contributed by atoms with Gasteiger partial charge in [0.1, 0.15) is 6.10 Å². The van der Waals surface area contributed by atoms with Crippen molar-refractivity contribution < 1.29 is 9.53 Å². The van der Waals surface area contributed by atoms with Gasteiger partial charge in [0.15, 0.2) is 0 Å². The van der Waals surface area contributed by atoms with E-state index in [1.807, 2.05) is 13.0 Å². The van der Waals surface area contributed by atoms with E-state index in [1.165, 1.54) is 0 Å². The van der Waals surface area contributed by atoms with Gasteiger partial charge in [0.2, 0.25) is 0 Å². The number of ether oxygens (including phenoxy) is 1. The molecule has 0 spiro atoms. The van der Waals surface area contributed by atoms with Crippen LogP contribution in [0.2, 0.25) is 0 Å². The SMILES string of the molecule is C/C=C/C[C@@H]1C[C@@H](C)CC(=O)O1. The van der Waals surface area contributed by atoms with E-state index in [9.17, 15) is 4.79 Å². The average Bonchev–Trinajstić information content (AvgIpc) is 1.99. The quantitative estimate of drug-likeness (QED) is 0.467. The molecule has 1 saturated heterocycles. The molecule has 0 aromatic carbocycles. The van der Waals surface area contributed by atoms with E-state index in [0.717, 1.165) is 12.8 Å². The summed E-state index contributed by atoms with van der Waals surface area (Å²) in [5.74, 6) is 0.449. The summed E-state index contributed by atoms with van der Waals surface area (Å²) in [5.41, 5.74) is 0. The molecule has 0 bridgehead atoms. The maximum Gasteiger partial charge on any atom is 0.306 e. The number of hydrogen-bond acceptors (Lipinski definition) is 2. The molecule has 1 aliphatic rings. The van der Waals surface area contributed by atoms with Crippen LogP contribution < -0.4 is 0 Å². The van der Waals surface area contributed by atoms with Gasteiger partial charge in [-0.1, -0.05) is 19.1 Å². The van der Waals surface area contributed by atoms with E-state index >= 15 is 0 Å². The maximum atomic E-state index is 11.0. The molecule has 0 aliphatic carbocycles. The number of carbonyl (C=O) groups is 1. The van der Waals surface area contributed by atoms with Crippen molar-refractivity contribution in [3.63, 3.8) is 0 Å². The number of rotatable bonds is 2. The summed E-state index contributed by atoms with van der Waals surface area (Å²) in [5, 5.41) is 0. The Kier molecular flexibility index (Phi) is 3.32. The van der Waals surface area contributed by atoms with Gasteiger partial charge in [-0.05, 0) is 19.3 Å². The molecule has 0 saturated carbocycles. The standard InChI is InChI=1S/C10H16O2/c1-3-4-5-9-6-8(2)7-10(11)12-9/h3-4,8-9H,5-7H2,1-2H3/b4-3+/t8-,9-/m1/s1. The molecule has 0 N–H and O–H groups in total. The average molecular weight is 168 g/mol. The summed E-state index contributed by atoms with van der Waals surface area (Å²) >= 11 is 0. The molecule has 1 fully saturated rings. The molecular formula is C10H16O2. The number of allylic oxidation sites excluding steroid dienone is 1. The number of cyclic esters (lactones) is 1. The predicted octanol–water partition coefficient (Wildman–Crippen LogP) is 2.29. The van der Waals surface area contributed by atoms with E-state index in [0.29, 0.717) is 12.3 Å². The lowest BCUT2D eigenvalue weighted by atomic mass is 9.95. The van der Waals surface area contributed by atoms with Crippen LogP contribution in [0.15, 0.2) is 12.2 Å². The minimum Gasteiger partial charge on any atom is -0.462 e. The summed E-state index contributed by atoms with van der Waals surface area (Å²) in [4.78, 5) is 11.0. The first kappa shape index (κ1) is 9.30. The molecule has 2 atom stereocenters. The van der Waals surface area contributed by atoms with E-state index < -0.39 is 0 Å². The van der Waals surface area contributed by atoms with Gasteiger partial charge in [-0.2, -0.15) is 0 Å². The second-order valence-electron chi connectivity index (χ2n) is 3.46. The van der Waals surface area contributed by atoms with Gasteiger partial charge in [0, 0.05) is 12.8 Å². The van der Waals surface area contributed by atoms with Crippen molar-refractivity contribution in [1.82, 2.24) is 0 Å². The van der Waals surface area contributed by atoms with E-state index in [4.69, 9.17) is 4.74 Å². The fraction of sp³-hybridized carbons (Fsp3) is 0.700. The predicted molar refractivity (Wildman–Crippen MR) is 47.7 cm³/mol. The third-order valence-corrected chi connectivity index (χ3v) is 2.11. The Morgan fingerprint density at radius 3 is 3.00 bits per heavy atom. The normalized spacial score (nSPS) is 30.7. The molecule has 0 aromatic heterocycles. The van der Waals surface area contributed by atoms with Crippen molar-refractivity contribution in [2.45, 2.75) is 39.2 Å². The van der Waals surface area contributed by atoms with E-state index in [-0.39, 0.29) is 12.1 Å². The van der Waals surface area contributed by atoms with Gasteiger partial charge in [0.25, 0.3) is 0 Å². The zero-order chi connectivity index (χ0) is 8.97. The molecule has 68 valence electrons. The van der Waals surface area contributed by atoms with E-state index in [1.54, 1.807) is 0 Å². The van der Waals surface area contributed by atoms with Crippen molar-refractivity contribution in [3.05, 3.63) is 12.2 Å². The first-order valence-corrected chi connectivity index (χ1v) is 4.53. The monoisotopic (exact) mass is 168 g/mol. The van der Waals surface area contributed by atoms with Gasteiger partial charge in [-0.3, -0.25) is 4.79 Å². The number of carbonyl (C=O) groups excluding carboxylic acids is 1. The summed E-state index contributed by atoms with van der Waals surface area (Å²) < 4.78 is 5.17. The van der Waals surface area contributed by atoms with E-state index in [2.05, 4.69) is 13.0 Å². The lowest BCUT2D eigenvalue weighted by molar-refractivity contribution is -0.156. The fourth-order valence-corrected chi connectivity index (χ4v) is 1.53. The van der Waals surface area contributed by atoms with Crippen molar-refractivity contribution >= 4 is 5.97 Å². The molecule has 0 aromatic rings. The van der Waals surface area contributed by atoms with Gasteiger partial charge >= 0.3 is 5.97 Å². The van der Waals surface area contributed by atoms with Crippen molar-refractivity contribution in [3.8, 4) is 0 Å². The van der Waals surface area contributed by atoms with Gasteiger partial charge < -0.3 is 4.74 Å². The third-order valence-electron chi connectivity index (χ3n) is 2.11. The Morgan fingerprint density at radius 2 is 2.42 bits per heavy atom. The molecular weight excluding hydrogens is 152 g/mol.